The van der Waals surface area contributed by atoms with Gasteiger partial charge in [0, 0.05) is 25.7 Å². The second-order valence-electron chi connectivity index (χ2n) is 26.8. The van der Waals surface area contributed by atoms with Gasteiger partial charge in [-0.2, -0.15) is 0 Å². The third-order valence-corrected chi connectivity index (χ3v) is 18.6. The Morgan fingerprint density at radius 2 is 0.567 bits per heavy atom. The van der Waals surface area contributed by atoms with Gasteiger partial charge in [0.1, 0.15) is 19.3 Å². The van der Waals surface area contributed by atoms with E-state index in [0.717, 1.165) is 114 Å². The van der Waals surface area contributed by atoms with Crippen molar-refractivity contribution in [2.45, 2.75) is 375 Å². The molecule has 3 N–H and O–H groups in total. The number of hydrogen-bond donors (Lipinski definition) is 3. The maximum absolute atomic E-state index is 13.0. The quantitative estimate of drug-likeness (QED) is 0.0222. The van der Waals surface area contributed by atoms with Gasteiger partial charge in [0.05, 0.1) is 26.4 Å². The first-order valence-electron chi connectivity index (χ1n) is 36.9. The Morgan fingerprint density at radius 1 is 0.322 bits per heavy atom. The van der Waals surface area contributed by atoms with E-state index in [1.807, 2.05) is 0 Å². The monoisotopic (exact) mass is 1320 g/mol. The average Bonchev–Trinajstić information content (AvgIpc) is 3.07. The molecule has 0 saturated heterocycles. The Bertz CT molecular complexity index is 1770. The topological polar surface area (TPSA) is 237 Å². The van der Waals surface area contributed by atoms with Crippen LogP contribution in [-0.4, -0.2) is 96.7 Å². The molecule has 0 aromatic carbocycles. The molecule has 534 valence electrons. The number of carbonyl (C=O) groups is 4. The number of aliphatic hydroxyl groups excluding tert-OH is 1. The molecule has 0 saturated carbocycles. The minimum Gasteiger partial charge on any atom is -0.462 e. The maximum Gasteiger partial charge on any atom is 0.472 e. The lowest BCUT2D eigenvalue weighted by Crippen LogP contribution is -2.30. The zero-order valence-electron chi connectivity index (χ0n) is 58.6. The summed E-state index contributed by atoms with van der Waals surface area (Å²) >= 11 is 0. The molecule has 0 aromatic rings. The van der Waals surface area contributed by atoms with Gasteiger partial charge in [0.2, 0.25) is 0 Å². The van der Waals surface area contributed by atoms with E-state index in [4.69, 9.17) is 37.0 Å². The van der Waals surface area contributed by atoms with Crippen LogP contribution in [0.15, 0.2) is 0 Å². The van der Waals surface area contributed by atoms with Gasteiger partial charge in [-0.15, -0.1) is 0 Å². The SMILES string of the molecule is CCCCCCCCCCCCCC(=O)O[C@H](COC(=O)CCCCCCCCC(C)CC)COP(=O)(O)OC[C@H](O)COP(=O)(O)OC[C@@H](COC(=O)CCCCCCCCCCC(C)C)OC(=O)CCCCCCCCCCCCCCCCCC(C)C. The van der Waals surface area contributed by atoms with Crippen LogP contribution in [0, 0.1) is 17.8 Å². The van der Waals surface area contributed by atoms with Crippen LogP contribution >= 0.6 is 15.6 Å². The molecule has 0 amide bonds. The van der Waals surface area contributed by atoms with Crippen molar-refractivity contribution in [3.05, 3.63) is 0 Å². The number of carbonyl (C=O) groups excluding carboxylic acids is 4. The second-order valence-corrected chi connectivity index (χ2v) is 29.7. The molecule has 0 rings (SSSR count). The van der Waals surface area contributed by atoms with E-state index in [1.165, 1.54) is 161 Å². The molecule has 0 heterocycles. The molecule has 19 heteroatoms. The summed E-state index contributed by atoms with van der Waals surface area (Å²) in [5.41, 5.74) is 0. The third kappa shape index (κ3) is 63.5. The predicted molar refractivity (Wildman–Crippen MR) is 363 cm³/mol. The molecular weight excluding hydrogens is 1190 g/mol. The van der Waals surface area contributed by atoms with Gasteiger partial charge >= 0.3 is 39.5 Å². The fourth-order valence-electron chi connectivity index (χ4n) is 10.7. The summed E-state index contributed by atoms with van der Waals surface area (Å²) in [7, 11) is -9.90. The molecule has 0 spiro atoms. The Kier molecular flexibility index (Phi) is 60.6. The minimum absolute atomic E-state index is 0.106. The third-order valence-electron chi connectivity index (χ3n) is 16.7. The summed E-state index contributed by atoms with van der Waals surface area (Å²) in [5.74, 6) is 0.134. The average molecular weight is 1330 g/mol. The lowest BCUT2D eigenvalue weighted by molar-refractivity contribution is -0.161. The molecule has 17 nitrogen and oxygen atoms in total. The van der Waals surface area contributed by atoms with Crippen LogP contribution in [0.5, 0.6) is 0 Å². The van der Waals surface area contributed by atoms with E-state index in [0.29, 0.717) is 25.7 Å². The number of phosphoric ester groups is 2. The van der Waals surface area contributed by atoms with Gasteiger partial charge in [-0.25, -0.2) is 9.13 Å². The minimum atomic E-state index is -4.95. The van der Waals surface area contributed by atoms with Gasteiger partial charge in [-0.1, -0.05) is 305 Å². The lowest BCUT2D eigenvalue weighted by atomic mass is 10.00. The fraction of sp³-hybridized carbons (Fsp3) is 0.944. The Morgan fingerprint density at radius 3 is 0.844 bits per heavy atom. The lowest BCUT2D eigenvalue weighted by Gasteiger charge is -2.21. The van der Waals surface area contributed by atoms with E-state index in [2.05, 4.69) is 48.5 Å². The number of phosphoric acid groups is 2. The summed E-state index contributed by atoms with van der Waals surface area (Å²) < 4.78 is 68.3. The van der Waals surface area contributed by atoms with Gasteiger partial charge in [-0.05, 0) is 43.4 Å². The fourth-order valence-corrected chi connectivity index (χ4v) is 12.3. The van der Waals surface area contributed by atoms with Gasteiger partial charge in [-0.3, -0.25) is 37.3 Å². The largest absolute Gasteiger partial charge is 0.472 e. The molecule has 0 aliphatic heterocycles. The van der Waals surface area contributed by atoms with Crippen LogP contribution < -0.4 is 0 Å². The van der Waals surface area contributed by atoms with Crippen molar-refractivity contribution in [1.82, 2.24) is 0 Å². The molecule has 0 aliphatic carbocycles. The Hall–Kier alpha value is -1.94. The van der Waals surface area contributed by atoms with E-state index in [-0.39, 0.29) is 25.7 Å². The van der Waals surface area contributed by atoms with E-state index in [1.54, 1.807) is 0 Å². The van der Waals surface area contributed by atoms with Crippen LogP contribution in [0.3, 0.4) is 0 Å². The molecule has 0 fully saturated rings. The van der Waals surface area contributed by atoms with Crippen LogP contribution in [-0.2, 0) is 65.4 Å². The highest BCUT2D eigenvalue weighted by molar-refractivity contribution is 7.47. The van der Waals surface area contributed by atoms with E-state index in [9.17, 15) is 43.2 Å². The normalized spacial score (nSPS) is 14.5. The van der Waals surface area contributed by atoms with E-state index < -0.39 is 97.5 Å². The Labute approximate surface area is 549 Å². The molecule has 6 atom stereocenters. The van der Waals surface area contributed by atoms with Crippen molar-refractivity contribution in [1.29, 1.82) is 0 Å². The molecule has 0 aliphatic rings. The van der Waals surface area contributed by atoms with Crippen LogP contribution in [0.25, 0.3) is 0 Å². The summed E-state index contributed by atoms with van der Waals surface area (Å²) in [6, 6.07) is 0. The molecule has 0 bridgehead atoms. The Balaban J connectivity index is 5.22. The van der Waals surface area contributed by atoms with Crippen LogP contribution in [0.2, 0.25) is 0 Å². The van der Waals surface area contributed by atoms with Crippen molar-refractivity contribution >= 4 is 39.5 Å². The molecular formula is C71H138O17P2. The summed E-state index contributed by atoms with van der Waals surface area (Å²) in [6.07, 6.45) is 45.8. The van der Waals surface area contributed by atoms with Crippen molar-refractivity contribution in [2.75, 3.05) is 39.6 Å². The van der Waals surface area contributed by atoms with Gasteiger partial charge in [0.25, 0.3) is 0 Å². The number of aliphatic hydroxyl groups is 1. The zero-order chi connectivity index (χ0) is 66.6. The predicted octanol–water partition coefficient (Wildman–Crippen LogP) is 20.2. The maximum atomic E-state index is 13.0. The van der Waals surface area contributed by atoms with Gasteiger partial charge in [0.15, 0.2) is 12.2 Å². The first-order valence-corrected chi connectivity index (χ1v) is 39.9. The smallest absolute Gasteiger partial charge is 0.462 e. The number of rotatable bonds is 69. The van der Waals surface area contributed by atoms with Crippen molar-refractivity contribution in [3.8, 4) is 0 Å². The highest BCUT2D eigenvalue weighted by atomic mass is 31.2. The standard InChI is InChI=1S/C71H138O17P2/c1-8-10-11-12-13-14-20-24-31-40-47-54-70(75)88-67(59-82-69(74)53-46-39-34-33-37-44-51-64(7)9-2)61-86-90(79,80)84-57-65(72)56-83-89(77,78)85-60-66(58-81-68(73)52-45-38-30-27-26-29-36-43-50-63(5)6)87-71(76)55-48-41-32-25-22-19-17-15-16-18-21-23-28-35-42-49-62(3)4/h62-67,72H,8-61H2,1-7H3,(H,77,78)(H,79,80)/t64?,65-,66-,67-/m1/s1. The van der Waals surface area contributed by atoms with Crippen molar-refractivity contribution in [2.24, 2.45) is 17.8 Å². The zero-order valence-corrected chi connectivity index (χ0v) is 60.4. The summed E-state index contributed by atoms with van der Waals surface area (Å²) in [4.78, 5) is 72.5. The number of hydrogen-bond acceptors (Lipinski definition) is 15. The number of unbranched alkanes of at least 4 members (excludes halogenated alkanes) is 36. The van der Waals surface area contributed by atoms with E-state index >= 15 is 0 Å². The second kappa shape index (κ2) is 61.9. The molecule has 0 radical (unpaired) electrons. The first kappa shape index (κ1) is 88.1. The number of ether oxygens (including phenoxy) is 4. The van der Waals surface area contributed by atoms with Crippen molar-refractivity contribution in [3.63, 3.8) is 0 Å². The van der Waals surface area contributed by atoms with Crippen molar-refractivity contribution < 1.29 is 80.2 Å². The summed E-state index contributed by atoms with van der Waals surface area (Å²) in [5, 5.41) is 10.6. The molecule has 3 unspecified atom stereocenters. The van der Waals surface area contributed by atoms with Crippen LogP contribution in [0.1, 0.15) is 357 Å². The summed E-state index contributed by atoms with van der Waals surface area (Å²) in [6.45, 7) is 11.8. The number of esters is 4. The molecule has 90 heavy (non-hydrogen) atoms. The molecule has 0 aromatic heterocycles. The first-order chi connectivity index (χ1) is 43.3. The highest BCUT2D eigenvalue weighted by Crippen LogP contribution is 2.45. The highest BCUT2D eigenvalue weighted by Gasteiger charge is 2.30. The van der Waals surface area contributed by atoms with Crippen LogP contribution in [0.4, 0.5) is 0 Å². The van der Waals surface area contributed by atoms with Gasteiger partial charge < -0.3 is 33.8 Å².